The number of alkyl halides is 2. The maximum atomic E-state index is 12.4. The number of ketones is 1. The van der Waals surface area contributed by atoms with Crippen LogP contribution in [0.3, 0.4) is 0 Å². The molecular weight excluding hydrogens is 388 g/mol. The zero-order valence-electron chi connectivity index (χ0n) is 15.5. The van der Waals surface area contributed by atoms with Crippen LogP contribution in [0.1, 0.15) is 27.6 Å². The van der Waals surface area contributed by atoms with Crippen LogP contribution in [0.25, 0.3) is 0 Å². The van der Waals surface area contributed by atoms with Crippen molar-refractivity contribution in [2.75, 3.05) is 19.8 Å². The van der Waals surface area contributed by atoms with Gasteiger partial charge in [-0.3, -0.25) is 14.4 Å². The first-order valence-electron chi connectivity index (χ1n) is 8.64. The maximum absolute atomic E-state index is 12.4. The van der Waals surface area contributed by atoms with Gasteiger partial charge in [-0.15, -0.1) is 0 Å². The highest BCUT2D eigenvalue weighted by Crippen LogP contribution is 2.20. The molecule has 9 heteroatoms. The molecule has 0 heterocycles. The smallest absolute Gasteiger partial charge is 0.387 e. The molecule has 0 unspecified atom stereocenters. The van der Waals surface area contributed by atoms with Gasteiger partial charge < -0.3 is 19.5 Å². The maximum Gasteiger partial charge on any atom is 0.387 e. The summed E-state index contributed by atoms with van der Waals surface area (Å²) in [7, 11) is 0. The quantitative estimate of drug-likeness (QED) is 0.481. The highest BCUT2D eigenvalue weighted by molar-refractivity contribution is 5.99. The Morgan fingerprint density at radius 2 is 1.72 bits per heavy atom. The highest BCUT2D eigenvalue weighted by atomic mass is 19.3. The van der Waals surface area contributed by atoms with Gasteiger partial charge in [0.15, 0.2) is 12.4 Å². The Labute approximate surface area is 165 Å². The van der Waals surface area contributed by atoms with Crippen molar-refractivity contribution in [3.63, 3.8) is 0 Å². The Hall–Kier alpha value is -3.49. The minimum Gasteiger partial charge on any atom is -0.494 e. The fourth-order valence-corrected chi connectivity index (χ4v) is 2.28. The molecule has 0 atom stereocenters. The van der Waals surface area contributed by atoms with Crippen LogP contribution in [-0.2, 0) is 9.53 Å². The first kappa shape index (κ1) is 21.8. The molecule has 0 aliphatic rings. The van der Waals surface area contributed by atoms with Crippen molar-refractivity contribution in [2.45, 2.75) is 13.5 Å². The Morgan fingerprint density at radius 3 is 2.38 bits per heavy atom. The molecule has 0 radical (unpaired) electrons. The Balaban J connectivity index is 1.82. The standard InChI is InChI=1S/C20H19F2NO6/c1-2-27-14-9-7-13(8-10-14)16(24)12-28-18(25)11-23-19(26)15-5-3-4-6-17(15)29-20(21)22/h3-10,20H,2,11-12H2,1H3,(H,23,26). The molecular formula is C20H19F2NO6. The van der Waals surface area contributed by atoms with E-state index < -0.39 is 37.4 Å². The summed E-state index contributed by atoms with van der Waals surface area (Å²) < 4.78 is 39.1. The molecule has 0 aromatic heterocycles. The van der Waals surface area contributed by atoms with Gasteiger partial charge in [0.2, 0.25) is 0 Å². The SMILES string of the molecule is CCOc1ccc(C(=O)COC(=O)CNC(=O)c2ccccc2OC(F)F)cc1. The minimum atomic E-state index is -3.09. The molecule has 2 rings (SSSR count). The molecule has 1 N–H and O–H groups in total. The lowest BCUT2D eigenvalue weighted by molar-refractivity contribution is -0.141. The molecule has 154 valence electrons. The number of hydrogen-bond donors (Lipinski definition) is 1. The van der Waals surface area contributed by atoms with E-state index >= 15 is 0 Å². The lowest BCUT2D eigenvalue weighted by Crippen LogP contribution is -2.31. The fourth-order valence-electron chi connectivity index (χ4n) is 2.28. The van der Waals surface area contributed by atoms with E-state index in [0.29, 0.717) is 17.9 Å². The summed E-state index contributed by atoms with van der Waals surface area (Å²) in [5.41, 5.74) is 0.175. The molecule has 0 aliphatic heterocycles. The number of rotatable bonds is 10. The van der Waals surface area contributed by atoms with Gasteiger partial charge in [-0.05, 0) is 43.3 Å². The lowest BCUT2D eigenvalue weighted by Gasteiger charge is -2.10. The number of ether oxygens (including phenoxy) is 3. The molecule has 0 bridgehead atoms. The minimum absolute atomic E-state index is 0.161. The number of carbonyl (C=O) groups excluding carboxylic acids is 3. The van der Waals surface area contributed by atoms with E-state index in [2.05, 4.69) is 10.1 Å². The first-order chi connectivity index (χ1) is 13.9. The average Bonchev–Trinajstić information content (AvgIpc) is 2.71. The zero-order valence-corrected chi connectivity index (χ0v) is 15.5. The van der Waals surface area contributed by atoms with Gasteiger partial charge >= 0.3 is 12.6 Å². The van der Waals surface area contributed by atoms with Crippen LogP contribution >= 0.6 is 0 Å². The predicted octanol–water partition coefficient (Wildman–Crippen LogP) is 2.84. The number of Topliss-reactive ketones (excluding diaryl/α,β-unsaturated/α-hetero) is 1. The molecule has 1 amide bonds. The van der Waals surface area contributed by atoms with E-state index in [1.165, 1.54) is 24.3 Å². The number of hydrogen-bond acceptors (Lipinski definition) is 6. The lowest BCUT2D eigenvalue weighted by atomic mass is 10.1. The fraction of sp³-hybridized carbons (Fsp3) is 0.250. The Bertz CT molecular complexity index is 854. The van der Waals surface area contributed by atoms with Crippen LogP contribution < -0.4 is 14.8 Å². The van der Waals surface area contributed by atoms with Gasteiger partial charge in [-0.1, -0.05) is 12.1 Å². The van der Waals surface area contributed by atoms with Crippen molar-refractivity contribution in [1.82, 2.24) is 5.32 Å². The van der Waals surface area contributed by atoms with Crippen LogP contribution in [0.5, 0.6) is 11.5 Å². The summed E-state index contributed by atoms with van der Waals surface area (Å²) in [5, 5.41) is 2.23. The van der Waals surface area contributed by atoms with Crippen LogP contribution in [0.2, 0.25) is 0 Å². The molecule has 0 saturated carbocycles. The van der Waals surface area contributed by atoms with Crippen molar-refractivity contribution < 1.29 is 37.4 Å². The van der Waals surface area contributed by atoms with E-state index in [0.717, 1.165) is 0 Å². The second-order valence-electron chi connectivity index (χ2n) is 5.60. The van der Waals surface area contributed by atoms with Crippen LogP contribution in [0.15, 0.2) is 48.5 Å². The van der Waals surface area contributed by atoms with Crippen molar-refractivity contribution in [3.8, 4) is 11.5 Å². The van der Waals surface area contributed by atoms with Gasteiger partial charge in [0, 0.05) is 5.56 Å². The van der Waals surface area contributed by atoms with Gasteiger partial charge in [0.1, 0.15) is 18.0 Å². The molecule has 29 heavy (non-hydrogen) atoms. The molecule has 0 aliphatic carbocycles. The van der Waals surface area contributed by atoms with Crippen LogP contribution in [-0.4, -0.2) is 44.0 Å². The third-order valence-electron chi connectivity index (χ3n) is 3.59. The number of halogens is 2. The predicted molar refractivity (Wildman–Crippen MR) is 98.3 cm³/mol. The summed E-state index contributed by atoms with van der Waals surface area (Å²) in [6.45, 7) is -1.81. The molecule has 7 nitrogen and oxygen atoms in total. The molecule has 2 aromatic carbocycles. The summed E-state index contributed by atoms with van der Waals surface area (Å²) in [6.07, 6.45) is 0. The van der Waals surface area contributed by atoms with Crippen LogP contribution in [0, 0.1) is 0 Å². The second kappa shape index (κ2) is 10.7. The van der Waals surface area contributed by atoms with E-state index in [1.54, 1.807) is 24.3 Å². The van der Waals surface area contributed by atoms with Crippen molar-refractivity contribution in [2.24, 2.45) is 0 Å². The number of amides is 1. The van der Waals surface area contributed by atoms with Crippen LogP contribution in [0.4, 0.5) is 8.78 Å². The number of benzene rings is 2. The monoisotopic (exact) mass is 407 g/mol. The normalized spacial score (nSPS) is 10.3. The highest BCUT2D eigenvalue weighted by Gasteiger charge is 2.17. The first-order valence-corrected chi connectivity index (χ1v) is 8.64. The molecule has 2 aromatic rings. The second-order valence-corrected chi connectivity index (χ2v) is 5.60. The van der Waals surface area contributed by atoms with E-state index in [9.17, 15) is 23.2 Å². The summed E-state index contributed by atoms with van der Waals surface area (Å²) in [4.78, 5) is 35.9. The van der Waals surface area contributed by atoms with Crippen molar-refractivity contribution >= 4 is 17.7 Å². The average molecular weight is 407 g/mol. The van der Waals surface area contributed by atoms with Crippen molar-refractivity contribution in [3.05, 3.63) is 59.7 Å². The van der Waals surface area contributed by atoms with E-state index in [4.69, 9.17) is 9.47 Å². The molecule has 0 fully saturated rings. The molecule has 0 saturated heterocycles. The third kappa shape index (κ3) is 6.87. The Morgan fingerprint density at radius 1 is 1.03 bits per heavy atom. The van der Waals surface area contributed by atoms with Gasteiger partial charge in [0.05, 0.1) is 12.2 Å². The summed E-state index contributed by atoms with van der Waals surface area (Å²) >= 11 is 0. The van der Waals surface area contributed by atoms with Gasteiger partial charge in [-0.2, -0.15) is 8.78 Å². The number of nitrogens with one attached hydrogen (secondary N) is 1. The number of esters is 1. The number of carbonyl (C=O) groups is 3. The topological polar surface area (TPSA) is 90.9 Å². The summed E-state index contributed by atoms with van der Waals surface area (Å²) in [5.74, 6) is -1.79. The molecule has 0 spiro atoms. The van der Waals surface area contributed by atoms with E-state index in [-0.39, 0.29) is 11.3 Å². The number of para-hydroxylation sites is 1. The summed E-state index contributed by atoms with van der Waals surface area (Å²) in [6, 6.07) is 11.7. The Kier molecular flexibility index (Phi) is 8.08. The zero-order chi connectivity index (χ0) is 21.2. The van der Waals surface area contributed by atoms with Crippen molar-refractivity contribution in [1.29, 1.82) is 0 Å². The van der Waals surface area contributed by atoms with Gasteiger partial charge in [0.25, 0.3) is 5.91 Å². The van der Waals surface area contributed by atoms with Gasteiger partial charge in [-0.25, -0.2) is 0 Å². The third-order valence-corrected chi connectivity index (χ3v) is 3.59. The van der Waals surface area contributed by atoms with E-state index in [1.807, 2.05) is 6.92 Å². The largest absolute Gasteiger partial charge is 0.494 e.